The third kappa shape index (κ3) is 3.37. The number of hydrogen-bond donors (Lipinski definition) is 1. The van der Waals surface area contributed by atoms with Crippen molar-refractivity contribution >= 4 is 11.7 Å². The van der Waals surface area contributed by atoms with Gasteiger partial charge in [0.2, 0.25) is 5.91 Å². The summed E-state index contributed by atoms with van der Waals surface area (Å²) in [6.07, 6.45) is 8.18. The molecule has 1 unspecified atom stereocenters. The summed E-state index contributed by atoms with van der Waals surface area (Å²) in [4.78, 5) is 24.7. The fraction of sp³-hybridized carbons (Fsp3) is 0.706. The number of amides is 1. The molecule has 3 rings (SSSR count). The predicted octanol–water partition coefficient (Wildman–Crippen LogP) is 0.550. The number of piperidine rings is 2. The molecule has 3 heterocycles. The molecule has 0 aromatic carbocycles. The number of nitrogens with zero attached hydrogens (tertiary/aromatic N) is 4. The SMILES string of the molecule is COCC(=O)N1CCC2(CCN(c3cnccn3)CC2)C(CO)C1. The van der Waals surface area contributed by atoms with Crippen molar-refractivity contribution in [2.24, 2.45) is 11.3 Å². The highest BCUT2D eigenvalue weighted by molar-refractivity contribution is 5.77. The molecule has 0 radical (unpaired) electrons. The number of carbonyl (C=O) groups excluding carboxylic acids is 1. The molecule has 0 saturated carbocycles. The Morgan fingerprint density at radius 3 is 2.71 bits per heavy atom. The van der Waals surface area contributed by atoms with Crippen LogP contribution in [0.2, 0.25) is 0 Å². The van der Waals surface area contributed by atoms with Crippen LogP contribution in [0.3, 0.4) is 0 Å². The zero-order valence-electron chi connectivity index (χ0n) is 14.2. The molecule has 2 aliphatic rings. The van der Waals surface area contributed by atoms with Crippen molar-refractivity contribution in [3.63, 3.8) is 0 Å². The second-order valence-corrected chi connectivity index (χ2v) is 6.82. The summed E-state index contributed by atoms with van der Waals surface area (Å²) in [5.41, 5.74) is 0.122. The summed E-state index contributed by atoms with van der Waals surface area (Å²) < 4.78 is 4.95. The summed E-state index contributed by atoms with van der Waals surface area (Å²) in [6, 6.07) is 0. The van der Waals surface area contributed by atoms with Crippen LogP contribution in [0, 0.1) is 11.3 Å². The average molecular weight is 334 g/mol. The quantitative estimate of drug-likeness (QED) is 0.866. The zero-order valence-corrected chi connectivity index (χ0v) is 14.2. The molecule has 1 amide bonds. The zero-order chi connectivity index (χ0) is 17.0. The summed E-state index contributed by atoms with van der Waals surface area (Å²) in [5, 5.41) is 9.92. The summed E-state index contributed by atoms with van der Waals surface area (Å²) in [5.74, 6) is 1.07. The van der Waals surface area contributed by atoms with E-state index in [-0.39, 0.29) is 30.5 Å². The van der Waals surface area contributed by atoms with Crippen LogP contribution in [0.4, 0.5) is 5.82 Å². The highest BCUT2D eigenvalue weighted by Gasteiger charge is 2.45. The van der Waals surface area contributed by atoms with Crippen LogP contribution in [-0.2, 0) is 9.53 Å². The Kier molecular flexibility index (Phi) is 5.30. The maximum Gasteiger partial charge on any atom is 0.248 e. The Morgan fingerprint density at radius 1 is 1.33 bits per heavy atom. The highest BCUT2D eigenvalue weighted by atomic mass is 16.5. The molecule has 0 aliphatic carbocycles. The van der Waals surface area contributed by atoms with Crippen LogP contribution in [-0.4, -0.2) is 72.4 Å². The molecule has 2 aliphatic heterocycles. The van der Waals surface area contributed by atoms with Crippen LogP contribution in [0.5, 0.6) is 0 Å². The second kappa shape index (κ2) is 7.44. The first-order valence-electron chi connectivity index (χ1n) is 8.57. The van der Waals surface area contributed by atoms with Crippen molar-refractivity contribution in [2.45, 2.75) is 19.3 Å². The van der Waals surface area contributed by atoms with Gasteiger partial charge in [0.05, 0.1) is 6.20 Å². The summed E-state index contributed by atoms with van der Waals surface area (Å²) in [7, 11) is 1.54. The molecule has 7 nitrogen and oxygen atoms in total. The van der Waals surface area contributed by atoms with Crippen LogP contribution < -0.4 is 4.90 Å². The van der Waals surface area contributed by atoms with E-state index >= 15 is 0 Å². The fourth-order valence-corrected chi connectivity index (χ4v) is 4.10. The Morgan fingerprint density at radius 2 is 2.08 bits per heavy atom. The van der Waals surface area contributed by atoms with Crippen LogP contribution in [0.1, 0.15) is 19.3 Å². The number of anilines is 1. The van der Waals surface area contributed by atoms with Gasteiger partial charge in [-0.3, -0.25) is 9.78 Å². The van der Waals surface area contributed by atoms with Crippen molar-refractivity contribution in [3.05, 3.63) is 18.6 Å². The van der Waals surface area contributed by atoms with E-state index in [9.17, 15) is 9.90 Å². The minimum absolute atomic E-state index is 0.0165. The van der Waals surface area contributed by atoms with Gasteiger partial charge in [-0.25, -0.2) is 4.98 Å². The normalized spacial score (nSPS) is 23.5. The van der Waals surface area contributed by atoms with E-state index in [4.69, 9.17) is 4.74 Å². The van der Waals surface area contributed by atoms with Gasteiger partial charge in [0, 0.05) is 58.2 Å². The van der Waals surface area contributed by atoms with E-state index in [1.54, 1.807) is 18.6 Å². The number of ether oxygens (including phenoxy) is 1. The third-order valence-electron chi connectivity index (χ3n) is 5.66. The Bertz CT molecular complexity index is 546. The number of hydrogen-bond acceptors (Lipinski definition) is 6. The lowest BCUT2D eigenvalue weighted by Gasteiger charge is -2.51. The van der Waals surface area contributed by atoms with E-state index in [2.05, 4.69) is 14.9 Å². The molecular weight excluding hydrogens is 308 g/mol. The van der Waals surface area contributed by atoms with Crippen LogP contribution in [0.25, 0.3) is 0 Å². The molecule has 2 fully saturated rings. The van der Waals surface area contributed by atoms with Crippen molar-refractivity contribution < 1.29 is 14.6 Å². The Hall–Kier alpha value is -1.73. The van der Waals surface area contributed by atoms with Gasteiger partial charge in [-0.05, 0) is 24.7 Å². The third-order valence-corrected chi connectivity index (χ3v) is 5.66. The lowest BCUT2D eigenvalue weighted by atomic mass is 9.64. The average Bonchev–Trinajstić information content (AvgIpc) is 2.63. The van der Waals surface area contributed by atoms with E-state index in [1.165, 1.54) is 7.11 Å². The minimum atomic E-state index is 0.0165. The number of aliphatic hydroxyl groups is 1. The van der Waals surface area contributed by atoms with Gasteiger partial charge in [-0.2, -0.15) is 0 Å². The van der Waals surface area contributed by atoms with Crippen LogP contribution >= 0.6 is 0 Å². The number of carbonyl (C=O) groups is 1. The summed E-state index contributed by atoms with van der Waals surface area (Å²) >= 11 is 0. The maximum absolute atomic E-state index is 12.1. The van der Waals surface area contributed by atoms with Crippen molar-refractivity contribution in [3.8, 4) is 0 Å². The first kappa shape index (κ1) is 17.1. The molecule has 132 valence electrons. The van der Waals surface area contributed by atoms with Gasteiger partial charge in [-0.15, -0.1) is 0 Å². The van der Waals surface area contributed by atoms with E-state index < -0.39 is 0 Å². The lowest BCUT2D eigenvalue weighted by Crippen LogP contribution is -2.55. The van der Waals surface area contributed by atoms with Crippen molar-refractivity contribution in [1.29, 1.82) is 0 Å². The Labute approximate surface area is 142 Å². The van der Waals surface area contributed by atoms with Crippen molar-refractivity contribution in [1.82, 2.24) is 14.9 Å². The molecule has 1 aromatic rings. The number of methoxy groups -OCH3 is 1. The first-order valence-corrected chi connectivity index (χ1v) is 8.57. The first-order chi connectivity index (χ1) is 11.7. The number of rotatable bonds is 4. The minimum Gasteiger partial charge on any atom is -0.396 e. The topological polar surface area (TPSA) is 78.8 Å². The van der Waals surface area contributed by atoms with Gasteiger partial charge in [-0.1, -0.05) is 0 Å². The van der Waals surface area contributed by atoms with Gasteiger partial charge >= 0.3 is 0 Å². The number of aliphatic hydroxyl groups excluding tert-OH is 1. The Balaban J connectivity index is 1.63. The van der Waals surface area contributed by atoms with Gasteiger partial charge in [0.1, 0.15) is 12.4 Å². The van der Waals surface area contributed by atoms with Crippen molar-refractivity contribution in [2.75, 3.05) is 51.4 Å². The lowest BCUT2D eigenvalue weighted by molar-refractivity contribution is -0.141. The number of aromatic nitrogens is 2. The predicted molar refractivity (Wildman–Crippen MR) is 89.6 cm³/mol. The smallest absolute Gasteiger partial charge is 0.248 e. The van der Waals surface area contributed by atoms with Gasteiger partial charge in [0.15, 0.2) is 0 Å². The van der Waals surface area contributed by atoms with E-state index in [1.807, 2.05) is 4.90 Å². The summed E-state index contributed by atoms with van der Waals surface area (Å²) in [6.45, 7) is 3.46. The van der Waals surface area contributed by atoms with E-state index in [0.717, 1.165) is 44.7 Å². The molecule has 1 atom stereocenters. The van der Waals surface area contributed by atoms with E-state index in [0.29, 0.717) is 6.54 Å². The molecule has 1 spiro atoms. The van der Waals surface area contributed by atoms with Gasteiger partial charge < -0.3 is 19.6 Å². The van der Waals surface area contributed by atoms with Crippen LogP contribution in [0.15, 0.2) is 18.6 Å². The molecule has 0 bridgehead atoms. The number of likely N-dealkylation sites (tertiary alicyclic amines) is 1. The molecule has 7 heteroatoms. The fourth-order valence-electron chi connectivity index (χ4n) is 4.10. The molecule has 24 heavy (non-hydrogen) atoms. The monoisotopic (exact) mass is 334 g/mol. The maximum atomic E-state index is 12.1. The largest absolute Gasteiger partial charge is 0.396 e. The highest BCUT2D eigenvalue weighted by Crippen LogP contribution is 2.45. The standard InChI is InChI=1S/C17H26N4O3/c1-24-13-16(23)21-9-4-17(14(11-21)12-22)2-7-20(8-3-17)15-10-18-5-6-19-15/h5-6,10,14,22H,2-4,7-9,11-13H2,1H3. The molecule has 2 saturated heterocycles. The second-order valence-electron chi connectivity index (χ2n) is 6.82. The molecule has 1 N–H and O–H groups in total. The van der Waals surface area contributed by atoms with Gasteiger partial charge in [0.25, 0.3) is 0 Å². The molecular formula is C17H26N4O3. The molecule has 1 aromatic heterocycles.